The van der Waals surface area contributed by atoms with E-state index in [-0.39, 0.29) is 5.97 Å². The zero-order valence-electron chi connectivity index (χ0n) is 11.6. The van der Waals surface area contributed by atoms with Gasteiger partial charge in [-0.1, -0.05) is 26.7 Å². The highest BCUT2D eigenvalue weighted by Crippen LogP contribution is 2.42. The standard InChI is InChI=1S/C14H27NO2/c1-4-17-13(16)10-15-11-14(9-12(2)3)7-5-6-8-14/h12,15H,4-11H2,1-3H3. The molecule has 0 amide bonds. The zero-order valence-corrected chi connectivity index (χ0v) is 11.6. The average Bonchev–Trinajstić information content (AvgIpc) is 2.66. The van der Waals surface area contributed by atoms with Crippen LogP contribution in [0, 0.1) is 11.3 Å². The zero-order chi connectivity index (χ0) is 12.7. The van der Waals surface area contributed by atoms with Gasteiger partial charge in [0.25, 0.3) is 0 Å². The molecular formula is C14H27NO2. The molecule has 1 fully saturated rings. The molecule has 0 heterocycles. The molecule has 1 saturated carbocycles. The summed E-state index contributed by atoms with van der Waals surface area (Å²) in [4.78, 5) is 11.3. The third-order valence-corrected chi connectivity index (χ3v) is 3.58. The lowest BCUT2D eigenvalue weighted by Crippen LogP contribution is -2.36. The van der Waals surface area contributed by atoms with E-state index >= 15 is 0 Å². The second-order valence-electron chi connectivity index (χ2n) is 5.71. The highest BCUT2D eigenvalue weighted by atomic mass is 16.5. The van der Waals surface area contributed by atoms with E-state index in [9.17, 15) is 4.79 Å². The Hall–Kier alpha value is -0.570. The first kappa shape index (κ1) is 14.5. The number of carbonyl (C=O) groups is 1. The van der Waals surface area contributed by atoms with Gasteiger partial charge in [-0.3, -0.25) is 4.79 Å². The van der Waals surface area contributed by atoms with Crippen LogP contribution in [0.4, 0.5) is 0 Å². The number of rotatable bonds is 7. The molecule has 3 heteroatoms. The minimum Gasteiger partial charge on any atom is -0.465 e. The van der Waals surface area contributed by atoms with Gasteiger partial charge in [-0.05, 0) is 37.5 Å². The van der Waals surface area contributed by atoms with E-state index in [1.54, 1.807) is 0 Å². The quantitative estimate of drug-likeness (QED) is 0.697. The Bertz CT molecular complexity index is 232. The number of carbonyl (C=O) groups excluding carboxylic acids is 1. The lowest BCUT2D eigenvalue weighted by molar-refractivity contribution is -0.142. The number of hydrogen-bond donors (Lipinski definition) is 1. The highest BCUT2D eigenvalue weighted by molar-refractivity contribution is 5.71. The smallest absolute Gasteiger partial charge is 0.319 e. The van der Waals surface area contributed by atoms with Crippen LogP contribution in [0.3, 0.4) is 0 Å². The Kier molecular flexibility index (Phi) is 5.96. The Balaban J connectivity index is 2.32. The van der Waals surface area contributed by atoms with Gasteiger partial charge in [0.2, 0.25) is 0 Å². The molecule has 0 atom stereocenters. The van der Waals surface area contributed by atoms with Crippen LogP contribution in [0.1, 0.15) is 52.9 Å². The predicted octanol–water partition coefficient (Wildman–Crippen LogP) is 2.75. The number of nitrogens with one attached hydrogen (secondary N) is 1. The first-order chi connectivity index (χ1) is 8.08. The molecule has 0 radical (unpaired) electrons. The Morgan fingerprint density at radius 3 is 2.53 bits per heavy atom. The van der Waals surface area contributed by atoms with E-state index < -0.39 is 0 Å². The van der Waals surface area contributed by atoms with Gasteiger partial charge in [-0.15, -0.1) is 0 Å². The Morgan fingerprint density at radius 2 is 2.00 bits per heavy atom. The third kappa shape index (κ3) is 5.07. The minimum absolute atomic E-state index is 0.134. The summed E-state index contributed by atoms with van der Waals surface area (Å²) in [5, 5.41) is 3.28. The van der Waals surface area contributed by atoms with Crippen LogP contribution in [0.25, 0.3) is 0 Å². The molecule has 1 N–H and O–H groups in total. The van der Waals surface area contributed by atoms with Crippen molar-refractivity contribution in [2.24, 2.45) is 11.3 Å². The maximum absolute atomic E-state index is 11.3. The summed E-state index contributed by atoms with van der Waals surface area (Å²) in [5.41, 5.74) is 0.431. The van der Waals surface area contributed by atoms with Gasteiger partial charge in [-0.25, -0.2) is 0 Å². The first-order valence-electron chi connectivity index (χ1n) is 6.94. The molecule has 0 saturated heterocycles. The molecule has 0 spiro atoms. The summed E-state index contributed by atoms with van der Waals surface area (Å²) in [7, 11) is 0. The van der Waals surface area contributed by atoms with Gasteiger partial charge >= 0.3 is 5.97 Å². The van der Waals surface area contributed by atoms with Crippen LogP contribution in [0.2, 0.25) is 0 Å². The fourth-order valence-corrected chi connectivity index (χ4v) is 3.09. The van der Waals surface area contributed by atoms with Crippen LogP contribution in [0.15, 0.2) is 0 Å². The van der Waals surface area contributed by atoms with Gasteiger partial charge in [0.05, 0.1) is 13.2 Å². The topological polar surface area (TPSA) is 38.3 Å². The second-order valence-corrected chi connectivity index (χ2v) is 5.71. The molecule has 0 unspecified atom stereocenters. The van der Waals surface area contributed by atoms with Gasteiger partial charge < -0.3 is 10.1 Å². The molecule has 0 bridgehead atoms. The SMILES string of the molecule is CCOC(=O)CNCC1(CC(C)C)CCCC1. The van der Waals surface area contributed by atoms with Gasteiger partial charge in [0.1, 0.15) is 0 Å². The number of ether oxygens (including phenoxy) is 1. The molecule has 0 aliphatic heterocycles. The summed E-state index contributed by atoms with van der Waals surface area (Å²) in [5.74, 6) is 0.600. The highest BCUT2D eigenvalue weighted by Gasteiger charge is 2.33. The third-order valence-electron chi connectivity index (χ3n) is 3.58. The molecule has 1 aliphatic carbocycles. The Labute approximate surface area is 105 Å². The van der Waals surface area contributed by atoms with E-state index in [4.69, 9.17) is 4.74 Å². The summed E-state index contributed by atoms with van der Waals surface area (Å²) < 4.78 is 4.92. The summed E-state index contributed by atoms with van der Waals surface area (Å²) in [6.45, 7) is 8.20. The van der Waals surface area contributed by atoms with Crippen molar-refractivity contribution in [2.75, 3.05) is 19.7 Å². The van der Waals surface area contributed by atoms with E-state index in [0.29, 0.717) is 18.6 Å². The molecule has 3 nitrogen and oxygen atoms in total. The van der Waals surface area contributed by atoms with Crippen LogP contribution < -0.4 is 5.32 Å². The van der Waals surface area contributed by atoms with Crippen LogP contribution in [-0.4, -0.2) is 25.7 Å². The molecule has 0 aromatic heterocycles. The largest absolute Gasteiger partial charge is 0.465 e. The maximum Gasteiger partial charge on any atom is 0.319 e. The molecule has 0 aromatic carbocycles. The summed E-state index contributed by atoms with van der Waals surface area (Å²) in [6.07, 6.45) is 6.56. The fourth-order valence-electron chi connectivity index (χ4n) is 3.09. The van der Waals surface area contributed by atoms with Crippen LogP contribution >= 0.6 is 0 Å². The van der Waals surface area contributed by atoms with Crippen molar-refractivity contribution >= 4 is 5.97 Å². The van der Waals surface area contributed by atoms with Gasteiger partial charge in [-0.2, -0.15) is 0 Å². The predicted molar refractivity (Wildman–Crippen MR) is 69.9 cm³/mol. The van der Waals surface area contributed by atoms with Gasteiger partial charge in [0, 0.05) is 6.54 Å². The maximum atomic E-state index is 11.3. The second kappa shape index (κ2) is 7.00. The lowest BCUT2D eigenvalue weighted by Gasteiger charge is -2.31. The monoisotopic (exact) mass is 241 g/mol. The van der Waals surface area contributed by atoms with Gasteiger partial charge in [0.15, 0.2) is 0 Å². The Morgan fingerprint density at radius 1 is 1.35 bits per heavy atom. The van der Waals surface area contributed by atoms with Crippen LogP contribution in [-0.2, 0) is 9.53 Å². The summed E-state index contributed by atoms with van der Waals surface area (Å²) in [6, 6.07) is 0. The van der Waals surface area contributed by atoms with Crippen molar-refractivity contribution in [1.29, 1.82) is 0 Å². The lowest BCUT2D eigenvalue weighted by atomic mass is 9.78. The van der Waals surface area contributed by atoms with Crippen molar-refractivity contribution in [3.8, 4) is 0 Å². The van der Waals surface area contributed by atoms with Crippen molar-refractivity contribution in [2.45, 2.75) is 52.9 Å². The van der Waals surface area contributed by atoms with E-state index in [2.05, 4.69) is 19.2 Å². The van der Waals surface area contributed by atoms with Crippen molar-refractivity contribution in [3.63, 3.8) is 0 Å². The number of esters is 1. The molecule has 1 rings (SSSR count). The fraction of sp³-hybridized carbons (Fsp3) is 0.929. The number of hydrogen-bond acceptors (Lipinski definition) is 3. The molecule has 100 valence electrons. The van der Waals surface area contributed by atoms with Crippen molar-refractivity contribution in [3.05, 3.63) is 0 Å². The van der Waals surface area contributed by atoms with Crippen molar-refractivity contribution in [1.82, 2.24) is 5.32 Å². The summed E-state index contributed by atoms with van der Waals surface area (Å²) >= 11 is 0. The van der Waals surface area contributed by atoms with E-state index in [0.717, 1.165) is 12.5 Å². The van der Waals surface area contributed by atoms with Crippen LogP contribution in [0.5, 0.6) is 0 Å². The minimum atomic E-state index is -0.134. The molecular weight excluding hydrogens is 214 g/mol. The average molecular weight is 241 g/mol. The molecule has 1 aliphatic rings. The van der Waals surface area contributed by atoms with E-state index in [1.807, 2.05) is 6.92 Å². The first-order valence-corrected chi connectivity index (χ1v) is 6.94. The molecule has 0 aromatic rings. The molecule has 17 heavy (non-hydrogen) atoms. The normalized spacial score (nSPS) is 18.6. The van der Waals surface area contributed by atoms with E-state index in [1.165, 1.54) is 32.1 Å². The van der Waals surface area contributed by atoms with Crippen molar-refractivity contribution < 1.29 is 9.53 Å².